The maximum Gasteiger partial charge on any atom is 0.160 e. The molecule has 0 bridgehead atoms. The van der Waals surface area contributed by atoms with E-state index < -0.39 is 0 Å². The maximum absolute atomic E-state index is 5.25. The fraction of sp³-hybridized carbons (Fsp3) is 0. The lowest BCUT2D eigenvalue weighted by molar-refractivity contribution is 1.13. The van der Waals surface area contributed by atoms with E-state index in [4.69, 9.17) is 9.97 Å². The zero-order valence-corrected chi connectivity index (χ0v) is 29.3. The summed E-state index contributed by atoms with van der Waals surface area (Å²) in [4.78, 5) is 10.3. The van der Waals surface area contributed by atoms with E-state index in [0.29, 0.717) is 5.82 Å². The first-order valence-corrected chi connectivity index (χ1v) is 18.3. The van der Waals surface area contributed by atoms with Crippen molar-refractivity contribution in [3.05, 3.63) is 194 Å². The molecule has 0 aliphatic carbocycles. The van der Waals surface area contributed by atoms with Gasteiger partial charge in [-0.25, -0.2) is 9.97 Å². The molecule has 0 N–H and O–H groups in total. The first-order valence-electron chi connectivity index (χ1n) is 18.3. The van der Waals surface area contributed by atoms with Crippen molar-refractivity contribution in [3.63, 3.8) is 0 Å². The van der Waals surface area contributed by atoms with Gasteiger partial charge in [0.15, 0.2) is 5.82 Å². The quantitative estimate of drug-likeness (QED) is 0.180. The van der Waals surface area contributed by atoms with Crippen molar-refractivity contribution in [2.75, 3.05) is 0 Å². The third kappa shape index (κ3) is 4.85. The summed E-state index contributed by atoms with van der Waals surface area (Å²) in [5, 5.41) is 7.11. The van der Waals surface area contributed by atoms with E-state index in [1.165, 1.54) is 54.6 Å². The third-order valence-corrected chi connectivity index (χ3v) is 10.7. The highest BCUT2D eigenvalue weighted by Gasteiger charge is 2.18. The first kappa shape index (κ1) is 30.3. The highest BCUT2D eigenvalue weighted by molar-refractivity contribution is 6.20. The Morgan fingerprint density at radius 3 is 1.85 bits per heavy atom. The Hall–Kier alpha value is -7.30. The van der Waals surface area contributed by atoms with Crippen molar-refractivity contribution in [3.8, 4) is 45.1 Å². The Morgan fingerprint density at radius 1 is 0.389 bits per heavy atom. The largest absolute Gasteiger partial charge is 0.316 e. The topological polar surface area (TPSA) is 35.6 Å². The van der Waals surface area contributed by atoms with Gasteiger partial charge in [0.25, 0.3) is 0 Å². The highest BCUT2D eigenvalue weighted by Crippen LogP contribution is 2.39. The van der Waals surface area contributed by atoms with Crippen molar-refractivity contribution in [1.82, 2.24) is 19.1 Å². The first-order chi connectivity index (χ1) is 26.8. The van der Waals surface area contributed by atoms with Crippen LogP contribution >= 0.6 is 0 Å². The van der Waals surface area contributed by atoms with Gasteiger partial charge < -0.3 is 9.13 Å². The number of para-hydroxylation sites is 3. The minimum absolute atomic E-state index is 0.708. The smallest absolute Gasteiger partial charge is 0.160 e. The van der Waals surface area contributed by atoms with Crippen LogP contribution < -0.4 is 0 Å². The Morgan fingerprint density at radius 2 is 1.04 bits per heavy atom. The molecule has 252 valence electrons. The lowest BCUT2D eigenvalue weighted by atomic mass is 9.98. The zero-order valence-electron chi connectivity index (χ0n) is 29.3. The van der Waals surface area contributed by atoms with Crippen LogP contribution in [0.5, 0.6) is 0 Å². The molecular weight excluding hydrogens is 657 g/mol. The number of fused-ring (bicyclic) bond motifs is 7. The molecule has 0 aliphatic rings. The Balaban J connectivity index is 1.02. The predicted molar refractivity (Wildman–Crippen MR) is 225 cm³/mol. The molecule has 3 heterocycles. The molecule has 0 atom stereocenters. The molecule has 54 heavy (non-hydrogen) atoms. The molecule has 0 saturated carbocycles. The SMILES string of the molecule is c1ccc(-c2ccc3cc(-c4nc(-c5ccc(-n6c7ccccc7c7c8c(ccc76)ccn8-c6ccccc6)cc5)nc5ccccc45)ccc3c2)cc1. The summed E-state index contributed by atoms with van der Waals surface area (Å²) in [5.41, 5.74) is 12.1. The predicted octanol–water partition coefficient (Wildman–Crippen LogP) is 12.8. The van der Waals surface area contributed by atoms with Crippen molar-refractivity contribution in [2.45, 2.75) is 0 Å². The van der Waals surface area contributed by atoms with Crippen molar-refractivity contribution >= 4 is 54.4 Å². The summed E-state index contributed by atoms with van der Waals surface area (Å²) in [6.07, 6.45) is 2.18. The van der Waals surface area contributed by atoms with E-state index in [2.05, 4.69) is 197 Å². The average molecular weight is 689 g/mol. The Kier molecular flexibility index (Phi) is 6.82. The van der Waals surface area contributed by atoms with E-state index in [0.717, 1.165) is 39.1 Å². The molecule has 0 radical (unpaired) electrons. The maximum atomic E-state index is 5.25. The van der Waals surface area contributed by atoms with E-state index in [1.807, 2.05) is 6.07 Å². The van der Waals surface area contributed by atoms with Crippen LogP contribution in [0, 0.1) is 0 Å². The number of rotatable bonds is 5. The molecule has 0 saturated heterocycles. The van der Waals surface area contributed by atoms with Gasteiger partial charge in [0, 0.05) is 50.2 Å². The summed E-state index contributed by atoms with van der Waals surface area (Å²) < 4.78 is 4.69. The van der Waals surface area contributed by atoms with E-state index in [1.54, 1.807) is 0 Å². The minimum atomic E-state index is 0.708. The molecule has 3 aromatic heterocycles. The van der Waals surface area contributed by atoms with E-state index >= 15 is 0 Å². The second-order valence-corrected chi connectivity index (χ2v) is 13.9. The summed E-state index contributed by atoms with van der Waals surface area (Å²) in [7, 11) is 0. The average Bonchev–Trinajstić information content (AvgIpc) is 3.83. The highest BCUT2D eigenvalue weighted by atomic mass is 15.0. The van der Waals surface area contributed by atoms with Gasteiger partial charge >= 0.3 is 0 Å². The third-order valence-electron chi connectivity index (χ3n) is 10.7. The molecule has 0 amide bonds. The molecule has 0 unspecified atom stereocenters. The number of hydrogen-bond donors (Lipinski definition) is 0. The second-order valence-electron chi connectivity index (χ2n) is 13.9. The van der Waals surface area contributed by atoms with Crippen LogP contribution in [0.3, 0.4) is 0 Å². The molecule has 4 heteroatoms. The molecule has 11 rings (SSSR count). The van der Waals surface area contributed by atoms with Crippen LogP contribution in [0.25, 0.3) is 99.5 Å². The van der Waals surface area contributed by atoms with Gasteiger partial charge in [-0.05, 0) is 94.7 Å². The van der Waals surface area contributed by atoms with Crippen LogP contribution in [0.1, 0.15) is 0 Å². The summed E-state index contributed by atoms with van der Waals surface area (Å²) in [5.74, 6) is 0.708. The van der Waals surface area contributed by atoms with E-state index in [9.17, 15) is 0 Å². The monoisotopic (exact) mass is 688 g/mol. The molecule has 8 aromatic carbocycles. The second kappa shape index (κ2) is 12.1. The number of aromatic nitrogens is 4. The van der Waals surface area contributed by atoms with E-state index in [-0.39, 0.29) is 0 Å². The van der Waals surface area contributed by atoms with Gasteiger partial charge in [0.1, 0.15) is 0 Å². The number of hydrogen-bond acceptors (Lipinski definition) is 2. The summed E-state index contributed by atoms with van der Waals surface area (Å²) in [6.45, 7) is 0. The Bertz CT molecular complexity index is 3190. The van der Waals surface area contributed by atoms with Gasteiger partial charge in [-0.1, -0.05) is 115 Å². The molecule has 0 fully saturated rings. The lowest BCUT2D eigenvalue weighted by Gasteiger charge is -2.12. The van der Waals surface area contributed by atoms with Gasteiger partial charge in [-0.3, -0.25) is 0 Å². The lowest BCUT2D eigenvalue weighted by Crippen LogP contribution is -1.97. The fourth-order valence-electron chi connectivity index (χ4n) is 8.15. The van der Waals surface area contributed by atoms with Crippen molar-refractivity contribution < 1.29 is 0 Å². The molecule has 0 spiro atoms. The standard InChI is InChI=1S/C50H32N4/c1-3-11-33(12-4-1)36-19-20-38-32-39(22-21-37(38)31-36)48-42-15-7-9-17-44(42)51-50(52-48)35-23-26-41(27-24-35)54-45-18-10-8-16-43(45)47-46(54)28-25-34-29-30-53(49(34)47)40-13-5-2-6-14-40/h1-32H. The van der Waals surface area contributed by atoms with Crippen LogP contribution in [0.4, 0.5) is 0 Å². The molecule has 0 aliphatic heterocycles. The van der Waals surface area contributed by atoms with Gasteiger partial charge in [-0.2, -0.15) is 0 Å². The van der Waals surface area contributed by atoms with Gasteiger partial charge in [0.2, 0.25) is 0 Å². The van der Waals surface area contributed by atoms with Crippen LogP contribution in [0.15, 0.2) is 194 Å². The van der Waals surface area contributed by atoms with Crippen LogP contribution in [-0.2, 0) is 0 Å². The molecular formula is C50H32N4. The number of benzene rings is 8. The minimum Gasteiger partial charge on any atom is -0.316 e. The molecule has 4 nitrogen and oxygen atoms in total. The van der Waals surface area contributed by atoms with Gasteiger partial charge in [-0.15, -0.1) is 0 Å². The van der Waals surface area contributed by atoms with Crippen molar-refractivity contribution in [1.29, 1.82) is 0 Å². The summed E-state index contributed by atoms with van der Waals surface area (Å²) >= 11 is 0. The molecule has 11 aromatic rings. The van der Waals surface area contributed by atoms with Crippen LogP contribution in [0.2, 0.25) is 0 Å². The fourth-order valence-corrected chi connectivity index (χ4v) is 8.15. The van der Waals surface area contributed by atoms with Crippen LogP contribution in [-0.4, -0.2) is 19.1 Å². The number of nitrogens with zero attached hydrogens (tertiary/aromatic N) is 4. The summed E-state index contributed by atoms with van der Waals surface area (Å²) in [6, 6.07) is 66.9. The Labute approximate surface area is 311 Å². The zero-order chi connectivity index (χ0) is 35.6. The van der Waals surface area contributed by atoms with Crippen molar-refractivity contribution in [2.24, 2.45) is 0 Å². The normalized spacial score (nSPS) is 11.7. The van der Waals surface area contributed by atoms with Gasteiger partial charge in [0.05, 0.1) is 27.8 Å².